The van der Waals surface area contributed by atoms with Crippen LogP contribution in [0.3, 0.4) is 0 Å². The Hall–Kier alpha value is -2.84. The molecule has 1 N–H and O–H groups in total. The molecule has 180 valence electrons. The number of ether oxygens (including phenoxy) is 3. The number of thiophene rings is 1. The molecule has 1 amide bonds. The second-order valence-electron chi connectivity index (χ2n) is 7.42. The predicted octanol–water partition coefficient (Wildman–Crippen LogP) is 6.72. The molecule has 0 aliphatic rings. The number of hydrogen-bond donors (Lipinski definition) is 1. The number of anilines is 1. The highest BCUT2D eigenvalue weighted by Gasteiger charge is 2.22. The van der Waals surface area contributed by atoms with Crippen LogP contribution in [-0.4, -0.2) is 32.2 Å². The Bertz CT molecular complexity index is 1130. The fourth-order valence-electron chi connectivity index (χ4n) is 3.32. The van der Waals surface area contributed by atoms with E-state index >= 15 is 0 Å². The molecule has 2 aromatic carbocycles. The fourth-order valence-corrected chi connectivity index (χ4v) is 4.84. The summed E-state index contributed by atoms with van der Waals surface area (Å²) in [5.41, 5.74) is 3.14. The van der Waals surface area contributed by atoms with Crippen LogP contribution in [0.15, 0.2) is 52.3 Å². The summed E-state index contributed by atoms with van der Waals surface area (Å²) in [6.07, 6.45) is 1.76. The molecule has 3 rings (SSSR count). The number of carbonyl (C=O) groups is 2. The van der Waals surface area contributed by atoms with Crippen LogP contribution in [0.25, 0.3) is 11.1 Å². The van der Waals surface area contributed by atoms with Crippen molar-refractivity contribution in [2.75, 3.05) is 25.6 Å². The number of benzene rings is 2. The standard InChI is InChI=1S/C26H28BrNO5S/c1-4-17-8-13-22(21(27)15-17)33-14-6-7-23(29)28-25-24(26(30)32-5-2)20(16-34-25)18-9-11-19(31-3)12-10-18/h8-13,15-16H,4-7,14H2,1-3H3,(H,28,29). The van der Waals surface area contributed by atoms with Crippen molar-refractivity contribution in [1.82, 2.24) is 0 Å². The smallest absolute Gasteiger partial charge is 0.341 e. The van der Waals surface area contributed by atoms with Crippen molar-refractivity contribution in [2.24, 2.45) is 0 Å². The van der Waals surface area contributed by atoms with E-state index in [1.807, 2.05) is 47.8 Å². The van der Waals surface area contributed by atoms with E-state index < -0.39 is 5.97 Å². The monoisotopic (exact) mass is 545 g/mol. The summed E-state index contributed by atoms with van der Waals surface area (Å²) in [6.45, 7) is 4.51. The highest BCUT2D eigenvalue weighted by atomic mass is 79.9. The van der Waals surface area contributed by atoms with E-state index in [1.54, 1.807) is 14.0 Å². The van der Waals surface area contributed by atoms with E-state index in [4.69, 9.17) is 14.2 Å². The largest absolute Gasteiger partial charge is 0.497 e. The molecule has 0 atom stereocenters. The quantitative estimate of drug-likeness (QED) is 0.214. The van der Waals surface area contributed by atoms with Gasteiger partial charge in [0.15, 0.2) is 0 Å². The molecule has 34 heavy (non-hydrogen) atoms. The van der Waals surface area contributed by atoms with Gasteiger partial charge in [-0.15, -0.1) is 11.3 Å². The van der Waals surface area contributed by atoms with E-state index in [-0.39, 0.29) is 18.9 Å². The lowest BCUT2D eigenvalue weighted by molar-refractivity contribution is -0.116. The van der Waals surface area contributed by atoms with Gasteiger partial charge in [0.05, 0.1) is 24.8 Å². The van der Waals surface area contributed by atoms with Crippen LogP contribution in [0.2, 0.25) is 0 Å². The number of carbonyl (C=O) groups excluding carboxylic acids is 2. The Morgan fingerprint density at radius 3 is 2.50 bits per heavy atom. The van der Waals surface area contributed by atoms with Crippen molar-refractivity contribution in [3.05, 3.63) is 63.4 Å². The summed E-state index contributed by atoms with van der Waals surface area (Å²) >= 11 is 4.83. The minimum Gasteiger partial charge on any atom is -0.497 e. The van der Waals surface area contributed by atoms with Crippen molar-refractivity contribution in [3.8, 4) is 22.6 Å². The highest BCUT2D eigenvalue weighted by molar-refractivity contribution is 9.10. The molecule has 1 aromatic heterocycles. The first-order valence-electron chi connectivity index (χ1n) is 11.1. The summed E-state index contributed by atoms with van der Waals surface area (Å²) in [4.78, 5) is 25.3. The SMILES string of the molecule is CCOC(=O)c1c(-c2ccc(OC)cc2)csc1NC(=O)CCCOc1ccc(CC)cc1Br. The number of rotatable bonds is 11. The van der Waals surface area contributed by atoms with Gasteiger partial charge in [-0.2, -0.15) is 0 Å². The average molecular weight is 546 g/mol. The Balaban J connectivity index is 1.64. The number of hydrogen-bond acceptors (Lipinski definition) is 6. The molecule has 3 aromatic rings. The molecule has 0 bridgehead atoms. The van der Waals surface area contributed by atoms with E-state index in [0.717, 1.165) is 28.0 Å². The molecule has 0 unspecified atom stereocenters. The van der Waals surface area contributed by atoms with Gasteiger partial charge >= 0.3 is 5.97 Å². The first-order chi connectivity index (χ1) is 16.5. The summed E-state index contributed by atoms with van der Waals surface area (Å²) in [5.74, 6) is 0.830. The summed E-state index contributed by atoms with van der Waals surface area (Å²) in [5, 5.41) is 5.21. The van der Waals surface area contributed by atoms with Crippen molar-refractivity contribution < 1.29 is 23.8 Å². The van der Waals surface area contributed by atoms with Gasteiger partial charge in [0.2, 0.25) is 5.91 Å². The van der Waals surface area contributed by atoms with Crippen LogP contribution in [0.4, 0.5) is 5.00 Å². The number of amides is 1. The molecule has 8 heteroatoms. The van der Waals surface area contributed by atoms with E-state index in [0.29, 0.717) is 29.2 Å². The normalized spacial score (nSPS) is 10.6. The predicted molar refractivity (Wildman–Crippen MR) is 139 cm³/mol. The maximum atomic E-state index is 12.7. The van der Waals surface area contributed by atoms with Gasteiger partial charge in [0, 0.05) is 17.4 Å². The maximum Gasteiger partial charge on any atom is 0.341 e. The Labute approximate surface area is 212 Å². The zero-order valence-corrected chi connectivity index (χ0v) is 21.9. The molecule has 0 saturated heterocycles. The molecule has 0 aliphatic heterocycles. The molecule has 0 aliphatic carbocycles. The second kappa shape index (κ2) is 12.6. The summed E-state index contributed by atoms with van der Waals surface area (Å²) in [6, 6.07) is 13.4. The summed E-state index contributed by atoms with van der Waals surface area (Å²) in [7, 11) is 1.60. The minimum absolute atomic E-state index is 0.183. The van der Waals surface area contributed by atoms with Crippen LogP contribution in [-0.2, 0) is 16.0 Å². The lowest BCUT2D eigenvalue weighted by Gasteiger charge is -2.10. The third-order valence-electron chi connectivity index (χ3n) is 5.13. The highest BCUT2D eigenvalue weighted by Crippen LogP contribution is 2.37. The molecule has 0 radical (unpaired) electrons. The van der Waals surface area contributed by atoms with Crippen molar-refractivity contribution in [2.45, 2.75) is 33.1 Å². The van der Waals surface area contributed by atoms with Gasteiger partial charge in [-0.1, -0.05) is 25.1 Å². The Morgan fingerprint density at radius 2 is 1.85 bits per heavy atom. The number of methoxy groups -OCH3 is 1. The zero-order valence-electron chi connectivity index (χ0n) is 19.5. The van der Waals surface area contributed by atoms with Crippen LogP contribution < -0.4 is 14.8 Å². The van der Waals surface area contributed by atoms with Crippen LogP contribution >= 0.6 is 27.3 Å². The summed E-state index contributed by atoms with van der Waals surface area (Å²) < 4.78 is 17.2. The third kappa shape index (κ3) is 6.61. The molecule has 0 spiro atoms. The Kier molecular flexibility index (Phi) is 9.53. The average Bonchev–Trinajstić information content (AvgIpc) is 3.26. The number of nitrogens with one attached hydrogen (secondary N) is 1. The van der Waals surface area contributed by atoms with E-state index in [9.17, 15) is 9.59 Å². The van der Waals surface area contributed by atoms with Gasteiger partial charge in [-0.05, 0) is 71.1 Å². The molecule has 6 nitrogen and oxygen atoms in total. The maximum absolute atomic E-state index is 12.7. The molecular formula is C26H28BrNO5S. The van der Waals surface area contributed by atoms with Crippen LogP contribution in [0.1, 0.15) is 42.6 Å². The van der Waals surface area contributed by atoms with Gasteiger partial charge in [0.25, 0.3) is 0 Å². The third-order valence-corrected chi connectivity index (χ3v) is 6.65. The van der Waals surface area contributed by atoms with Crippen LogP contribution in [0, 0.1) is 0 Å². The number of halogens is 1. The van der Waals surface area contributed by atoms with Gasteiger partial charge in [-0.3, -0.25) is 4.79 Å². The molecular weight excluding hydrogens is 518 g/mol. The molecule has 0 saturated carbocycles. The lowest BCUT2D eigenvalue weighted by Crippen LogP contribution is -2.15. The van der Waals surface area contributed by atoms with E-state index in [2.05, 4.69) is 28.2 Å². The number of aryl methyl sites for hydroxylation is 1. The van der Waals surface area contributed by atoms with E-state index in [1.165, 1.54) is 16.9 Å². The van der Waals surface area contributed by atoms with Gasteiger partial charge < -0.3 is 19.5 Å². The zero-order chi connectivity index (χ0) is 24.5. The number of esters is 1. The topological polar surface area (TPSA) is 73.9 Å². The van der Waals surface area contributed by atoms with Gasteiger partial charge in [-0.25, -0.2) is 4.79 Å². The molecule has 0 fully saturated rings. The van der Waals surface area contributed by atoms with Gasteiger partial charge in [0.1, 0.15) is 22.1 Å². The first-order valence-corrected chi connectivity index (χ1v) is 12.8. The van der Waals surface area contributed by atoms with Crippen molar-refractivity contribution >= 4 is 44.1 Å². The first kappa shape index (κ1) is 25.8. The van der Waals surface area contributed by atoms with Crippen molar-refractivity contribution in [1.29, 1.82) is 0 Å². The lowest BCUT2D eigenvalue weighted by atomic mass is 10.0. The van der Waals surface area contributed by atoms with Crippen molar-refractivity contribution in [3.63, 3.8) is 0 Å². The second-order valence-corrected chi connectivity index (χ2v) is 9.15. The minimum atomic E-state index is -0.464. The molecule has 1 heterocycles. The fraction of sp³-hybridized carbons (Fsp3) is 0.308. The Morgan fingerprint density at radius 1 is 1.09 bits per heavy atom. The van der Waals surface area contributed by atoms with Crippen LogP contribution in [0.5, 0.6) is 11.5 Å².